The molecule has 4 aliphatic rings. The van der Waals surface area contributed by atoms with Crippen molar-refractivity contribution in [3.63, 3.8) is 0 Å². The second-order valence-corrected chi connectivity index (χ2v) is 10.8. The Labute approximate surface area is 171 Å². The molecular weight excluding hydrogens is 350 g/mol. The highest BCUT2D eigenvalue weighted by atomic mass is 16.2. The molecule has 1 saturated carbocycles. The van der Waals surface area contributed by atoms with E-state index >= 15 is 0 Å². The Balaban J connectivity index is 2.05. The smallest absolute Gasteiger partial charge is 0.247 e. The molecule has 3 aliphatic heterocycles. The maximum absolute atomic E-state index is 13.8. The summed E-state index contributed by atoms with van der Waals surface area (Å²) in [5.74, 6) is 3.01. The SMILES string of the molecule is CC(=O)N1C[C@@H]2C[C@H]3CN(CC(C)C)[C@@H]([C@@H]2CC(C)C)[C@]31C(=O)NCC(C)C. The first-order chi connectivity index (χ1) is 13.1. The third-order valence-corrected chi connectivity index (χ3v) is 7.14. The van der Waals surface area contributed by atoms with Crippen LogP contribution < -0.4 is 5.32 Å². The molecule has 0 radical (unpaired) electrons. The fourth-order valence-corrected chi connectivity index (χ4v) is 6.47. The van der Waals surface area contributed by atoms with E-state index in [1.54, 1.807) is 6.92 Å². The van der Waals surface area contributed by atoms with Gasteiger partial charge in [0.25, 0.3) is 0 Å². The van der Waals surface area contributed by atoms with Gasteiger partial charge >= 0.3 is 0 Å². The maximum Gasteiger partial charge on any atom is 0.247 e. The molecule has 5 atom stereocenters. The number of hydrogen-bond donors (Lipinski definition) is 1. The Morgan fingerprint density at radius 2 is 1.71 bits per heavy atom. The zero-order valence-electron chi connectivity index (χ0n) is 19.0. The van der Waals surface area contributed by atoms with Gasteiger partial charge in [0.05, 0.1) is 0 Å². The number of fused-ring (bicyclic) bond motifs is 1. The zero-order chi connectivity index (χ0) is 20.8. The lowest BCUT2D eigenvalue weighted by Gasteiger charge is -2.61. The van der Waals surface area contributed by atoms with E-state index in [0.717, 1.165) is 32.5 Å². The van der Waals surface area contributed by atoms with Crippen LogP contribution in [0.5, 0.6) is 0 Å². The summed E-state index contributed by atoms with van der Waals surface area (Å²) < 4.78 is 0. The van der Waals surface area contributed by atoms with Crippen LogP contribution in [0.15, 0.2) is 0 Å². The van der Waals surface area contributed by atoms with Gasteiger partial charge in [-0.15, -0.1) is 0 Å². The zero-order valence-corrected chi connectivity index (χ0v) is 19.0. The summed E-state index contributed by atoms with van der Waals surface area (Å²) in [5.41, 5.74) is -0.677. The van der Waals surface area contributed by atoms with Gasteiger partial charge in [-0.2, -0.15) is 0 Å². The third kappa shape index (κ3) is 3.48. The summed E-state index contributed by atoms with van der Waals surface area (Å²) in [6.07, 6.45) is 2.23. The summed E-state index contributed by atoms with van der Waals surface area (Å²) in [7, 11) is 0. The van der Waals surface area contributed by atoms with Gasteiger partial charge in [-0.25, -0.2) is 0 Å². The summed E-state index contributed by atoms with van der Waals surface area (Å²) in [6, 6.07) is 0.158. The fraction of sp³-hybridized carbons (Fsp3) is 0.913. The van der Waals surface area contributed by atoms with Crippen LogP contribution in [0.2, 0.25) is 0 Å². The molecule has 0 aromatic heterocycles. The van der Waals surface area contributed by atoms with Crippen LogP contribution in [0.4, 0.5) is 0 Å². The van der Waals surface area contributed by atoms with Gasteiger partial charge in [0.1, 0.15) is 5.54 Å². The molecule has 1 aliphatic carbocycles. The summed E-state index contributed by atoms with van der Waals surface area (Å²) in [4.78, 5) is 31.1. The number of nitrogens with one attached hydrogen (secondary N) is 1. The highest BCUT2D eigenvalue weighted by Gasteiger charge is 2.71. The third-order valence-electron chi connectivity index (χ3n) is 7.14. The monoisotopic (exact) mass is 391 g/mol. The molecule has 0 aromatic rings. The number of carbonyl (C=O) groups is 2. The Hall–Kier alpha value is -1.10. The highest BCUT2D eigenvalue weighted by Crippen LogP contribution is 2.57. The van der Waals surface area contributed by atoms with Crippen LogP contribution in [0, 0.1) is 35.5 Å². The number of nitrogens with zero attached hydrogens (tertiary/aromatic N) is 2. The normalized spacial score (nSPS) is 34.7. The molecule has 5 heteroatoms. The summed E-state index contributed by atoms with van der Waals surface area (Å²) >= 11 is 0. The maximum atomic E-state index is 13.8. The Morgan fingerprint density at radius 1 is 1.04 bits per heavy atom. The highest BCUT2D eigenvalue weighted by molar-refractivity contribution is 5.93. The van der Waals surface area contributed by atoms with Gasteiger partial charge < -0.3 is 10.2 Å². The van der Waals surface area contributed by atoms with E-state index in [1.807, 2.05) is 4.90 Å². The predicted octanol–water partition coefficient (Wildman–Crippen LogP) is 3.00. The molecule has 1 N–H and O–H groups in total. The predicted molar refractivity (Wildman–Crippen MR) is 113 cm³/mol. The van der Waals surface area contributed by atoms with Crippen molar-refractivity contribution < 1.29 is 9.59 Å². The molecular formula is C23H41N3O2. The van der Waals surface area contributed by atoms with Gasteiger partial charge in [-0.05, 0) is 42.4 Å². The minimum Gasteiger partial charge on any atom is -0.354 e. The van der Waals surface area contributed by atoms with E-state index in [1.165, 1.54) is 0 Å². The van der Waals surface area contributed by atoms with Crippen molar-refractivity contribution in [2.24, 2.45) is 35.5 Å². The van der Waals surface area contributed by atoms with E-state index in [4.69, 9.17) is 0 Å². The Morgan fingerprint density at radius 3 is 2.25 bits per heavy atom. The largest absolute Gasteiger partial charge is 0.354 e. The topological polar surface area (TPSA) is 52.7 Å². The Kier molecular flexibility index (Phi) is 6.15. The lowest BCUT2D eigenvalue weighted by molar-refractivity contribution is -0.173. The molecule has 3 saturated heterocycles. The van der Waals surface area contributed by atoms with Crippen molar-refractivity contribution in [1.82, 2.24) is 15.1 Å². The van der Waals surface area contributed by atoms with E-state index in [2.05, 4.69) is 51.8 Å². The molecule has 4 fully saturated rings. The van der Waals surface area contributed by atoms with Crippen molar-refractivity contribution in [3.05, 3.63) is 0 Å². The lowest BCUT2D eigenvalue weighted by atomic mass is 9.56. The van der Waals surface area contributed by atoms with Gasteiger partial charge in [0.2, 0.25) is 11.8 Å². The van der Waals surface area contributed by atoms with Gasteiger partial charge in [0.15, 0.2) is 0 Å². The van der Waals surface area contributed by atoms with Crippen molar-refractivity contribution in [2.75, 3.05) is 26.2 Å². The number of carbonyl (C=O) groups excluding carboxylic acids is 2. The lowest BCUT2D eigenvalue weighted by Crippen LogP contribution is -2.77. The van der Waals surface area contributed by atoms with E-state index in [-0.39, 0.29) is 23.8 Å². The van der Waals surface area contributed by atoms with E-state index < -0.39 is 5.54 Å². The average molecular weight is 392 g/mol. The minimum atomic E-state index is -0.677. The van der Waals surface area contributed by atoms with Crippen molar-refractivity contribution >= 4 is 11.8 Å². The summed E-state index contributed by atoms with van der Waals surface area (Å²) in [5, 5.41) is 3.24. The molecule has 160 valence electrons. The molecule has 4 bridgehead atoms. The summed E-state index contributed by atoms with van der Waals surface area (Å²) in [6.45, 7) is 18.4. The van der Waals surface area contributed by atoms with Crippen LogP contribution in [0.3, 0.4) is 0 Å². The molecule has 5 nitrogen and oxygen atoms in total. The average Bonchev–Trinajstić information content (AvgIpc) is 2.83. The van der Waals surface area contributed by atoms with Crippen LogP contribution in [-0.2, 0) is 9.59 Å². The van der Waals surface area contributed by atoms with Crippen molar-refractivity contribution in [2.45, 2.75) is 72.9 Å². The van der Waals surface area contributed by atoms with E-state index in [0.29, 0.717) is 36.1 Å². The first-order valence-electron chi connectivity index (χ1n) is 11.4. The molecule has 28 heavy (non-hydrogen) atoms. The quantitative estimate of drug-likeness (QED) is 0.726. The number of likely N-dealkylation sites (tertiary alicyclic amines) is 1. The number of amides is 2. The second kappa shape index (κ2) is 7.97. The molecule has 2 amide bonds. The first-order valence-corrected chi connectivity index (χ1v) is 11.4. The van der Waals surface area contributed by atoms with Crippen LogP contribution >= 0.6 is 0 Å². The van der Waals surface area contributed by atoms with Crippen molar-refractivity contribution in [3.8, 4) is 0 Å². The second-order valence-electron chi connectivity index (χ2n) is 10.8. The van der Waals surface area contributed by atoms with Gasteiger partial charge in [-0.3, -0.25) is 14.5 Å². The molecule has 3 heterocycles. The number of hydrogen-bond acceptors (Lipinski definition) is 3. The first kappa shape index (κ1) is 21.6. The van der Waals surface area contributed by atoms with Crippen molar-refractivity contribution in [1.29, 1.82) is 0 Å². The fourth-order valence-electron chi connectivity index (χ4n) is 6.47. The van der Waals surface area contributed by atoms with Crippen LogP contribution in [-0.4, -0.2) is 59.4 Å². The Bertz CT molecular complexity index is 603. The molecule has 0 unspecified atom stereocenters. The van der Waals surface area contributed by atoms with Crippen LogP contribution in [0.25, 0.3) is 0 Å². The standard InChI is InChI=1S/C23H41N3O2/c1-14(2)8-20-18-9-19-13-25(11-16(5)6)21(20)23(19,26(12-18)17(7)27)22(28)24-10-15(3)4/h14-16,18-21H,8-13H2,1-7H3,(H,24,28)/t18-,19-,20+,21-,23-/m0/s1. The molecule has 0 spiro atoms. The van der Waals surface area contributed by atoms with E-state index in [9.17, 15) is 9.59 Å². The molecule has 0 aromatic carbocycles. The number of piperidine rings is 2. The number of rotatable bonds is 7. The molecule has 4 rings (SSSR count). The van der Waals surface area contributed by atoms with Crippen LogP contribution in [0.1, 0.15) is 61.3 Å². The minimum absolute atomic E-state index is 0.0637. The van der Waals surface area contributed by atoms with Gasteiger partial charge in [0, 0.05) is 45.1 Å². The van der Waals surface area contributed by atoms with Gasteiger partial charge in [-0.1, -0.05) is 41.5 Å².